The van der Waals surface area contributed by atoms with Gasteiger partial charge in [0, 0.05) is 19.3 Å². The maximum Gasteiger partial charge on any atom is 0.133 e. The molecule has 0 saturated carbocycles. The number of carbonyl (C=O) groups is 2. The van der Waals surface area contributed by atoms with Crippen molar-refractivity contribution in [2.45, 2.75) is 66.2 Å². The topological polar surface area (TPSA) is 34.1 Å². The van der Waals surface area contributed by atoms with Gasteiger partial charge < -0.3 is 4.79 Å². The molecule has 2 nitrogen and oxygen atoms in total. The third kappa shape index (κ3) is 18.6. The number of unbranched alkanes of at least 4 members (excludes halogenated alkanes) is 1. The van der Waals surface area contributed by atoms with Crippen molar-refractivity contribution in [1.29, 1.82) is 0 Å². The summed E-state index contributed by atoms with van der Waals surface area (Å²) in [6.45, 7) is 15.6. The van der Waals surface area contributed by atoms with Crippen LogP contribution in [-0.4, -0.2) is 12.1 Å². The van der Waals surface area contributed by atoms with E-state index in [9.17, 15) is 9.59 Å². The molecule has 2 heteroatoms. The van der Waals surface area contributed by atoms with E-state index in [0.717, 1.165) is 12.7 Å². The SMILES string of the molecule is C=C/C=C(\C=C)CCC.CC(C)(C)CC(=O)CCCC=O. The van der Waals surface area contributed by atoms with E-state index in [1.807, 2.05) is 32.9 Å². The summed E-state index contributed by atoms with van der Waals surface area (Å²) in [5, 5.41) is 0. The van der Waals surface area contributed by atoms with Crippen molar-refractivity contribution in [2.24, 2.45) is 5.41 Å². The summed E-state index contributed by atoms with van der Waals surface area (Å²) < 4.78 is 0. The number of Topliss-reactive ketones (excluding diaryl/α,β-unsaturated/α-hetero) is 1. The number of rotatable bonds is 9. The Balaban J connectivity index is 0. The highest BCUT2D eigenvalue weighted by Crippen LogP contribution is 2.19. The van der Waals surface area contributed by atoms with Crippen molar-refractivity contribution >= 4 is 12.1 Å². The van der Waals surface area contributed by atoms with Crippen LogP contribution in [0.25, 0.3) is 0 Å². The Hall–Kier alpha value is -1.44. The number of ketones is 1. The average Bonchev–Trinajstić information content (AvgIpc) is 2.37. The van der Waals surface area contributed by atoms with Gasteiger partial charge in [0.05, 0.1) is 0 Å². The van der Waals surface area contributed by atoms with E-state index in [4.69, 9.17) is 0 Å². The predicted molar refractivity (Wildman–Crippen MR) is 92.4 cm³/mol. The second kappa shape index (κ2) is 13.5. The Kier molecular flexibility index (Phi) is 14.1. The van der Waals surface area contributed by atoms with E-state index in [1.165, 1.54) is 12.0 Å². The Bertz CT molecular complexity index is 343. The number of hydrogen-bond acceptors (Lipinski definition) is 2. The Labute approximate surface area is 131 Å². The van der Waals surface area contributed by atoms with Crippen LogP contribution in [0, 0.1) is 5.41 Å². The van der Waals surface area contributed by atoms with Gasteiger partial charge in [-0.1, -0.05) is 65.5 Å². The average molecular weight is 292 g/mol. The molecule has 0 unspecified atom stereocenters. The van der Waals surface area contributed by atoms with Crippen LogP contribution in [0.1, 0.15) is 66.2 Å². The third-order valence-corrected chi connectivity index (χ3v) is 2.64. The van der Waals surface area contributed by atoms with Crippen molar-refractivity contribution < 1.29 is 9.59 Å². The molecule has 21 heavy (non-hydrogen) atoms. The highest BCUT2D eigenvalue weighted by molar-refractivity contribution is 5.79. The minimum Gasteiger partial charge on any atom is -0.303 e. The maximum atomic E-state index is 11.2. The van der Waals surface area contributed by atoms with E-state index < -0.39 is 0 Å². The van der Waals surface area contributed by atoms with Gasteiger partial charge in [-0.2, -0.15) is 0 Å². The molecule has 0 saturated heterocycles. The Morgan fingerprint density at radius 1 is 1.14 bits per heavy atom. The molecule has 0 spiro atoms. The van der Waals surface area contributed by atoms with Gasteiger partial charge in [0.15, 0.2) is 0 Å². The lowest BCUT2D eigenvalue weighted by atomic mass is 9.89. The zero-order valence-electron chi connectivity index (χ0n) is 14.3. The van der Waals surface area contributed by atoms with Crippen LogP contribution in [-0.2, 0) is 9.59 Å². The van der Waals surface area contributed by atoms with Gasteiger partial charge in [0.2, 0.25) is 0 Å². The number of allylic oxidation sites excluding steroid dienone is 4. The molecule has 0 radical (unpaired) electrons. The Morgan fingerprint density at radius 3 is 2.14 bits per heavy atom. The van der Waals surface area contributed by atoms with Crippen molar-refractivity contribution in [3.63, 3.8) is 0 Å². The van der Waals surface area contributed by atoms with Gasteiger partial charge in [0.1, 0.15) is 12.1 Å². The van der Waals surface area contributed by atoms with E-state index in [0.29, 0.717) is 25.7 Å². The minimum atomic E-state index is 0.0816. The molecule has 0 aliphatic rings. The fourth-order valence-corrected chi connectivity index (χ4v) is 1.76. The number of hydrogen-bond donors (Lipinski definition) is 0. The summed E-state index contributed by atoms with van der Waals surface area (Å²) in [6.07, 6.45) is 11.2. The second-order valence-corrected chi connectivity index (χ2v) is 6.27. The maximum absolute atomic E-state index is 11.2. The summed E-state index contributed by atoms with van der Waals surface area (Å²) >= 11 is 0. The molecule has 0 aliphatic heterocycles. The van der Waals surface area contributed by atoms with Crippen molar-refractivity contribution in [1.82, 2.24) is 0 Å². The van der Waals surface area contributed by atoms with Crippen LogP contribution in [0.4, 0.5) is 0 Å². The van der Waals surface area contributed by atoms with Crippen LogP contribution in [0.3, 0.4) is 0 Å². The zero-order chi connectivity index (χ0) is 16.7. The molecule has 0 aliphatic carbocycles. The van der Waals surface area contributed by atoms with E-state index in [2.05, 4.69) is 20.1 Å². The van der Waals surface area contributed by atoms with Crippen LogP contribution < -0.4 is 0 Å². The quantitative estimate of drug-likeness (QED) is 0.322. The third-order valence-electron chi connectivity index (χ3n) is 2.64. The molecule has 0 amide bonds. The van der Waals surface area contributed by atoms with Gasteiger partial charge in [-0.15, -0.1) is 0 Å². The molecule has 0 aromatic rings. The molecular weight excluding hydrogens is 260 g/mol. The molecule has 120 valence electrons. The van der Waals surface area contributed by atoms with Gasteiger partial charge in [0.25, 0.3) is 0 Å². The summed E-state index contributed by atoms with van der Waals surface area (Å²) in [5.41, 5.74) is 1.35. The standard InChI is InChI=1S/C10H18O2.C9H14/c1-10(2,3)8-9(12)6-4-5-7-11;1-4-7-9(6-3)8-5-2/h7H,4-6,8H2,1-3H3;4,6-7H,1,3,5,8H2,2H3/b;9-7+. The lowest BCUT2D eigenvalue weighted by Crippen LogP contribution is -2.12. The Morgan fingerprint density at radius 2 is 1.76 bits per heavy atom. The van der Waals surface area contributed by atoms with Gasteiger partial charge in [-0.05, 0) is 23.8 Å². The number of aldehydes is 1. The first kappa shape index (κ1) is 21.9. The molecular formula is C19H32O2. The van der Waals surface area contributed by atoms with E-state index in [1.54, 1.807) is 6.08 Å². The second-order valence-electron chi connectivity index (χ2n) is 6.27. The molecule has 0 atom stereocenters. The number of carbonyl (C=O) groups excluding carboxylic acids is 2. The lowest BCUT2D eigenvalue weighted by Gasteiger charge is -2.16. The largest absolute Gasteiger partial charge is 0.303 e. The highest BCUT2D eigenvalue weighted by Gasteiger charge is 2.14. The van der Waals surface area contributed by atoms with Gasteiger partial charge in [-0.3, -0.25) is 4.79 Å². The van der Waals surface area contributed by atoms with Crippen LogP contribution in [0.5, 0.6) is 0 Å². The van der Waals surface area contributed by atoms with Crippen molar-refractivity contribution in [3.05, 3.63) is 37.0 Å². The summed E-state index contributed by atoms with van der Waals surface area (Å²) in [4.78, 5) is 21.2. The predicted octanol–water partition coefficient (Wildman–Crippen LogP) is 5.45. The molecule has 0 N–H and O–H groups in total. The van der Waals surface area contributed by atoms with Crippen LogP contribution in [0.2, 0.25) is 0 Å². The summed E-state index contributed by atoms with van der Waals surface area (Å²) in [6, 6.07) is 0. The fraction of sp³-hybridized carbons (Fsp3) is 0.579. The zero-order valence-corrected chi connectivity index (χ0v) is 14.3. The smallest absolute Gasteiger partial charge is 0.133 e. The van der Waals surface area contributed by atoms with E-state index in [-0.39, 0.29) is 11.2 Å². The first-order valence-electron chi connectivity index (χ1n) is 7.70. The highest BCUT2D eigenvalue weighted by atomic mass is 16.1. The fourth-order valence-electron chi connectivity index (χ4n) is 1.76. The van der Waals surface area contributed by atoms with Crippen molar-refractivity contribution in [3.8, 4) is 0 Å². The van der Waals surface area contributed by atoms with E-state index >= 15 is 0 Å². The summed E-state index contributed by atoms with van der Waals surface area (Å²) in [5.74, 6) is 0.268. The van der Waals surface area contributed by atoms with Gasteiger partial charge >= 0.3 is 0 Å². The van der Waals surface area contributed by atoms with Gasteiger partial charge in [-0.25, -0.2) is 0 Å². The molecule has 0 aromatic heterocycles. The van der Waals surface area contributed by atoms with Crippen molar-refractivity contribution in [2.75, 3.05) is 0 Å². The van der Waals surface area contributed by atoms with Crippen LogP contribution in [0.15, 0.2) is 37.0 Å². The lowest BCUT2D eigenvalue weighted by molar-refractivity contribution is -0.120. The minimum absolute atomic E-state index is 0.0816. The monoisotopic (exact) mass is 292 g/mol. The van der Waals surface area contributed by atoms with Crippen LogP contribution >= 0.6 is 0 Å². The summed E-state index contributed by atoms with van der Waals surface area (Å²) in [7, 11) is 0. The normalized spacial score (nSPS) is 11.1. The molecule has 0 fully saturated rings. The first-order chi connectivity index (χ1) is 9.80. The molecule has 0 rings (SSSR count). The molecule has 0 bridgehead atoms. The molecule has 0 aromatic carbocycles. The molecule has 0 heterocycles. The first-order valence-corrected chi connectivity index (χ1v) is 7.70.